The number of nitrogens with one attached hydrogen (secondary N) is 1. The lowest BCUT2D eigenvalue weighted by Gasteiger charge is -2.10. The van der Waals surface area contributed by atoms with Gasteiger partial charge in [-0.15, -0.1) is 0 Å². The number of carbonyl (C=O) groups excluding carboxylic acids is 1. The Morgan fingerprint density at radius 1 is 1.24 bits per heavy atom. The van der Waals surface area contributed by atoms with Crippen LogP contribution < -0.4 is 29.7 Å². The van der Waals surface area contributed by atoms with Crippen LogP contribution in [-0.4, -0.2) is 30.7 Å². The first-order chi connectivity index (χ1) is 14.1. The van der Waals surface area contributed by atoms with Crippen molar-refractivity contribution in [2.75, 3.05) is 25.6 Å². The summed E-state index contributed by atoms with van der Waals surface area (Å²) in [4.78, 5) is 29.5. The molecule has 0 fully saturated rings. The zero-order valence-corrected chi connectivity index (χ0v) is 16.6. The van der Waals surface area contributed by atoms with Gasteiger partial charge < -0.3 is 14.8 Å². The molecule has 1 N–H and O–H groups in total. The van der Waals surface area contributed by atoms with E-state index in [1.165, 1.54) is 11.3 Å². The first kappa shape index (κ1) is 18.9. The lowest BCUT2D eigenvalue weighted by Crippen LogP contribution is -2.29. The number of fused-ring (bicyclic) bond motifs is 1. The molecule has 4 rings (SSSR count). The fraction of sp³-hybridized carbons (Fsp3) is 0.190. The van der Waals surface area contributed by atoms with Gasteiger partial charge in [0.2, 0.25) is 0 Å². The Kier molecular flexibility index (Phi) is 5.44. The molecular formula is C21H19N3O4S. The van der Waals surface area contributed by atoms with Gasteiger partial charge in [0.1, 0.15) is 11.5 Å². The molecule has 0 saturated heterocycles. The molecule has 7 nitrogen and oxygen atoms in total. The molecule has 148 valence electrons. The van der Waals surface area contributed by atoms with Crippen molar-refractivity contribution in [3.8, 4) is 11.5 Å². The molecule has 8 heteroatoms. The molecule has 0 atom stereocenters. The van der Waals surface area contributed by atoms with Gasteiger partial charge in [-0.25, -0.2) is 0 Å². The number of anilines is 1. The summed E-state index contributed by atoms with van der Waals surface area (Å²) in [6.45, 7) is 1.21. The molecule has 1 aromatic heterocycles. The highest BCUT2D eigenvalue weighted by molar-refractivity contribution is 7.07. The molecule has 1 aliphatic rings. The SMILES string of the molecule is COc1ccccc1NC(=O)COc1ccc(C=c2sc3n(c2=O)CCN=3)cc1. The third-order valence-electron chi connectivity index (χ3n) is 4.39. The summed E-state index contributed by atoms with van der Waals surface area (Å²) in [5.41, 5.74) is 1.47. The van der Waals surface area contributed by atoms with Gasteiger partial charge in [-0.3, -0.25) is 19.1 Å². The summed E-state index contributed by atoms with van der Waals surface area (Å²) in [7, 11) is 1.55. The average molecular weight is 409 g/mol. The Morgan fingerprint density at radius 2 is 2.03 bits per heavy atom. The van der Waals surface area contributed by atoms with Crippen molar-refractivity contribution in [1.29, 1.82) is 0 Å². The Morgan fingerprint density at radius 3 is 2.79 bits per heavy atom. The molecule has 1 amide bonds. The third kappa shape index (κ3) is 4.22. The van der Waals surface area contributed by atoms with Crippen LogP contribution in [0, 0.1) is 0 Å². The fourth-order valence-electron chi connectivity index (χ4n) is 2.96. The number of para-hydroxylation sites is 2. The number of aromatic nitrogens is 1. The number of rotatable bonds is 6. The fourth-order valence-corrected chi connectivity index (χ4v) is 3.99. The van der Waals surface area contributed by atoms with E-state index in [0.29, 0.717) is 34.8 Å². The minimum absolute atomic E-state index is 0.000382. The van der Waals surface area contributed by atoms with E-state index in [9.17, 15) is 9.59 Å². The molecule has 0 aliphatic carbocycles. The molecule has 2 heterocycles. The number of carbonyl (C=O) groups is 1. The molecule has 0 radical (unpaired) electrons. The summed E-state index contributed by atoms with van der Waals surface area (Å²) < 4.78 is 13.1. The van der Waals surface area contributed by atoms with Gasteiger partial charge in [0.05, 0.1) is 23.9 Å². The topological polar surface area (TPSA) is 81.9 Å². The van der Waals surface area contributed by atoms with Crippen molar-refractivity contribution >= 4 is 29.0 Å². The van der Waals surface area contributed by atoms with Crippen molar-refractivity contribution in [1.82, 2.24) is 4.57 Å². The van der Waals surface area contributed by atoms with Crippen LogP contribution >= 0.6 is 11.3 Å². The highest BCUT2D eigenvalue weighted by Gasteiger charge is 2.10. The van der Waals surface area contributed by atoms with E-state index in [-0.39, 0.29) is 18.1 Å². The van der Waals surface area contributed by atoms with E-state index < -0.39 is 0 Å². The Hall–Kier alpha value is -3.39. The highest BCUT2D eigenvalue weighted by atomic mass is 32.1. The normalized spacial score (nSPS) is 12.9. The minimum atomic E-state index is -0.282. The number of thiazole rings is 1. The van der Waals surface area contributed by atoms with Gasteiger partial charge in [-0.2, -0.15) is 0 Å². The predicted octanol–water partition coefficient (Wildman–Crippen LogP) is 1.40. The minimum Gasteiger partial charge on any atom is -0.495 e. The summed E-state index contributed by atoms with van der Waals surface area (Å²) in [6.07, 6.45) is 1.84. The number of amides is 1. The number of hydrogen-bond donors (Lipinski definition) is 1. The van der Waals surface area contributed by atoms with Crippen molar-refractivity contribution in [2.45, 2.75) is 6.54 Å². The van der Waals surface area contributed by atoms with Gasteiger partial charge >= 0.3 is 0 Å². The van der Waals surface area contributed by atoms with E-state index in [2.05, 4.69) is 10.3 Å². The summed E-state index contributed by atoms with van der Waals surface area (Å²) >= 11 is 1.40. The standard InChI is InChI=1S/C21H19N3O4S/c1-27-17-5-3-2-4-16(17)23-19(25)13-28-15-8-6-14(7-9-15)12-18-20(26)24-11-10-22-21(24)29-18/h2-9,12H,10-11,13H2,1H3,(H,23,25). The van der Waals surface area contributed by atoms with E-state index in [4.69, 9.17) is 9.47 Å². The van der Waals surface area contributed by atoms with Crippen LogP contribution in [-0.2, 0) is 11.3 Å². The number of ether oxygens (including phenoxy) is 2. The van der Waals surface area contributed by atoms with Crippen molar-refractivity contribution < 1.29 is 14.3 Å². The number of benzene rings is 2. The molecule has 0 unspecified atom stereocenters. The van der Waals surface area contributed by atoms with Crippen molar-refractivity contribution in [2.24, 2.45) is 4.99 Å². The molecule has 3 aromatic rings. The molecular weight excluding hydrogens is 390 g/mol. The molecule has 29 heavy (non-hydrogen) atoms. The monoisotopic (exact) mass is 409 g/mol. The van der Waals surface area contributed by atoms with Crippen LogP contribution in [0.2, 0.25) is 0 Å². The number of hydrogen-bond acceptors (Lipinski definition) is 6. The van der Waals surface area contributed by atoms with Gasteiger partial charge in [-0.05, 0) is 35.9 Å². The third-order valence-corrected chi connectivity index (χ3v) is 5.43. The number of nitrogens with zero attached hydrogens (tertiary/aromatic N) is 2. The second-order valence-electron chi connectivity index (χ2n) is 6.34. The summed E-state index contributed by atoms with van der Waals surface area (Å²) in [6, 6.07) is 14.4. The molecule has 0 saturated carbocycles. The summed E-state index contributed by atoms with van der Waals surface area (Å²) in [5.74, 6) is 0.872. The van der Waals surface area contributed by atoms with Crippen LogP contribution in [0.3, 0.4) is 0 Å². The molecule has 0 bridgehead atoms. The lowest BCUT2D eigenvalue weighted by atomic mass is 10.2. The number of methoxy groups -OCH3 is 1. The van der Waals surface area contributed by atoms with E-state index in [1.54, 1.807) is 35.9 Å². The smallest absolute Gasteiger partial charge is 0.270 e. The van der Waals surface area contributed by atoms with Crippen LogP contribution in [0.4, 0.5) is 5.69 Å². The van der Waals surface area contributed by atoms with Crippen LogP contribution in [0.25, 0.3) is 6.08 Å². The van der Waals surface area contributed by atoms with Crippen LogP contribution in [0.15, 0.2) is 58.3 Å². The quantitative estimate of drug-likeness (QED) is 0.667. The van der Waals surface area contributed by atoms with Crippen LogP contribution in [0.1, 0.15) is 5.56 Å². The second-order valence-corrected chi connectivity index (χ2v) is 7.35. The van der Waals surface area contributed by atoms with Gasteiger partial charge in [0.15, 0.2) is 11.4 Å². The largest absolute Gasteiger partial charge is 0.495 e. The van der Waals surface area contributed by atoms with E-state index >= 15 is 0 Å². The zero-order chi connectivity index (χ0) is 20.2. The first-order valence-electron chi connectivity index (χ1n) is 9.05. The predicted molar refractivity (Wildman–Crippen MR) is 111 cm³/mol. The molecule has 1 aliphatic heterocycles. The maximum absolute atomic E-state index is 12.3. The first-order valence-corrected chi connectivity index (χ1v) is 9.87. The summed E-state index contributed by atoms with van der Waals surface area (Å²) in [5, 5.41) is 2.76. The molecule has 2 aromatic carbocycles. The maximum Gasteiger partial charge on any atom is 0.270 e. The average Bonchev–Trinajstić information content (AvgIpc) is 3.31. The Bertz CT molecular complexity index is 1210. The Balaban J connectivity index is 1.39. The van der Waals surface area contributed by atoms with Gasteiger partial charge in [0, 0.05) is 6.54 Å². The van der Waals surface area contributed by atoms with E-state index in [0.717, 1.165) is 10.4 Å². The highest BCUT2D eigenvalue weighted by Crippen LogP contribution is 2.22. The van der Waals surface area contributed by atoms with Crippen molar-refractivity contribution in [3.63, 3.8) is 0 Å². The van der Waals surface area contributed by atoms with Gasteiger partial charge in [-0.1, -0.05) is 35.6 Å². The lowest BCUT2D eigenvalue weighted by molar-refractivity contribution is -0.118. The van der Waals surface area contributed by atoms with E-state index in [1.807, 2.05) is 30.3 Å². The molecule has 0 spiro atoms. The Labute approximate surface area is 170 Å². The van der Waals surface area contributed by atoms with Crippen LogP contribution in [0.5, 0.6) is 11.5 Å². The van der Waals surface area contributed by atoms with Crippen molar-refractivity contribution in [3.05, 3.63) is 73.8 Å². The zero-order valence-electron chi connectivity index (χ0n) is 15.8. The second kappa shape index (κ2) is 8.32. The van der Waals surface area contributed by atoms with Gasteiger partial charge in [0.25, 0.3) is 11.5 Å². The maximum atomic E-state index is 12.3.